The molecule has 4 nitrogen and oxygen atoms in total. The molecule has 2 aliphatic rings. The summed E-state index contributed by atoms with van der Waals surface area (Å²) in [5.41, 5.74) is 0.629. The zero-order valence-corrected chi connectivity index (χ0v) is 11.7. The second kappa shape index (κ2) is 5.34. The first kappa shape index (κ1) is 13.3. The number of nitrogens with zero attached hydrogens (tertiary/aromatic N) is 1. The molecule has 1 unspecified atom stereocenters. The number of methoxy groups -OCH3 is 1. The fraction of sp³-hybridized carbons (Fsp3) is 0.562. The van der Waals surface area contributed by atoms with Crippen LogP contribution < -0.4 is 9.47 Å². The highest BCUT2D eigenvalue weighted by Gasteiger charge is 2.43. The maximum absolute atomic E-state index is 9.04. The maximum atomic E-state index is 9.04. The van der Waals surface area contributed by atoms with E-state index in [1.807, 2.05) is 6.07 Å². The van der Waals surface area contributed by atoms with Crippen LogP contribution in [0.2, 0.25) is 0 Å². The van der Waals surface area contributed by atoms with Crippen LogP contribution in [0, 0.1) is 11.3 Å². The zero-order chi connectivity index (χ0) is 14.0. The monoisotopic (exact) mass is 273 g/mol. The van der Waals surface area contributed by atoms with Crippen molar-refractivity contribution < 1.29 is 14.2 Å². The van der Waals surface area contributed by atoms with Gasteiger partial charge in [0, 0.05) is 18.9 Å². The fourth-order valence-corrected chi connectivity index (χ4v) is 3.02. The van der Waals surface area contributed by atoms with Gasteiger partial charge >= 0.3 is 0 Å². The normalized spacial score (nSPS) is 23.7. The summed E-state index contributed by atoms with van der Waals surface area (Å²) >= 11 is 0. The van der Waals surface area contributed by atoms with Crippen LogP contribution in [-0.4, -0.2) is 25.4 Å². The standard InChI is InChI=1S/C16H19NO3/c1-18-14-7-12(11-17)8-15(9-14)20-13-3-6-19-16(10-13)4-2-5-16/h7-9,13H,2-6,10H2,1H3. The van der Waals surface area contributed by atoms with Crippen molar-refractivity contribution in [3.05, 3.63) is 23.8 Å². The zero-order valence-electron chi connectivity index (χ0n) is 11.7. The second-order valence-corrected chi connectivity index (χ2v) is 5.63. The van der Waals surface area contributed by atoms with E-state index in [4.69, 9.17) is 19.5 Å². The Kier molecular flexibility index (Phi) is 3.54. The topological polar surface area (TPSA) is 51.5 Å². The van der Waals surface area contributed by atoms with Crippen molar-refractivity contribution >= 4 is 0 Å². The van der Waals surface area contributed by atoms with E-state index >= 15 is 0 Å². The Hall–Kier alpha value is -1.73. The van der Waals surface area contributed by atoms with Crippen molar-refractivity contribution in [1.29, 1.82) is 5.26 Å². The molecule has 1 saturated carbocycles. The van der Waals surface area contributed by atoms with Crippen LogP contribution in [0.4, 0.5) is 0 Å². The number of rotatable bonds is 3. The number of hydrogen-bond donors (Lipinski definition) is 0. The lowest BCUT2D eigenvalue weighted by Crippen LogP contribution is -2.48. The lowest BCUT2D eigenvalue weighted by molar-refractivity contribution is -0.153. The van der Waals surface area contributed by atoms with Gasteiger partial charge in [-0.25, -0.2) is 0 Å². The van der Waals surface area contributed by atoms with Gasteiger partial charge in [0.25, 0.3) is 0 Å². The summed E-state index contributed by atoms with van der Waals surface area (Å²) in [7, 11) is 1.60. The highest BCUT2D eigenvalue weighted by Crippen LogP contribution is 2.43. The maximum Gasteiger partial charge on any atom is 0.124 e. The van der Waals surface area contributed by atoms with Crippen molar-refractivity contribution in [2.45, 2.75) is 43.8 Å². The molecule has 1 aromatic rings. The largest absolute Gasteiger partial charge is 0.497 e. The summed E-state index contributed by atoms with van der Waals surface area (Å²) in [6.07, 6.45) is 5.57. The Bertz CT molecular complexity index is 531. The number of nitriles is 1. The Balaban J connectivity index is 1.72. The van der Waals surface area contributed by atoms with Gasteiger partial charge in [-0.2, -0.15) is 5.26 Å². The number of benzene rings is 1. The van der Waals surface area contributed by atoms with Gasteiger partial charge in [0.1, 0.15) is 17.6 Å². The van der Waals surface area contributed by atoms with E-state index in [2.05, 4.69) is 6.07 Å². The molecule has 0 radical (unpaired) electrons. The molecule has 0 bridgehead atoms. The van der Waals surface area contributed by atoms with E-state index < -0.39 is 0 Å². The molecule has 106 valence electrons. The molecule has 1 spiro atoms. The van der Waals surface area contributed by atoms with Crippen molar-refractivity contribution in [2.24, 2.45) is 0 Å². The summed E-state index contributed by atoms with van der Waals surface area (Å²) in [6, 6.07) is 7.45. The van der Waals surface area contributed by atoms with Gasteiger partial charge in [0.15, 0.2) is 0 Å². The SMILES string of the molecule is COc1cc(C#N)cc(OC2CCOC3(CCC3)C2)c1. The molecule has 1 aliphatic carbocycles. The summed E-state index contributed by atoms with van der Waals surface area (Å²) in [4.78, 5) is 0. The summed E-state index contributed by atoms with van der Waals surface area (Å²) in [6.45, 7) is 0.764. The van der Waals surface area contributed by atoms with Gasteiger partial charge in [-0.3, -0.25) is 0 Å². The van der Waals surface area contributed by atoms with Crippen LogP contribution in [0.1, 0.15) is 37.7 Å². The first-order valence-corrected chi connectivity index (χ1v) is 7.13. The molecular formula is C16H19NO3. The molecule has 0 N–H and O–H groups in total. The second-order valence-electron chi connectivity index (χ2n) is 5.63. The van der Waals surface area contributed by atoms with Gasteiger partial charge in [-0.05, 0) is 31.4 Å². The summed E-state index contributed by atoms with van der Waals surface area (Å²) < 4.78 is 17.2. The predicted octanol–water partition coefficient (Wildman–Crippen LogP) is 3.05. The van der Waals surface area contributed by atoms with E-state index in [1.54, 1.807) is 19.2 Å². The predicted molar refractivity (Wildman–Crippen MR) is 73.9 cm³/mol. The summed E-state index contributed by atoms with van der Waals surface area (Å²) in [5.74, 6) is 1.37. The Labute approximate surface area is 119 Å². The Morgan fingerprint density at radius 2 is 2.10 bits per heavy atom. The van der Waals surface area contributed by atoms with Crippen molar-refractivity contribution in [3.63, 3.8) is 0 Å². The third-order valence-electron chi connectivity index (χ3n) is 4.26. The molecule has 4 heteroatoms. The minimum absolute atomic E-state index is 0.0693. The van der Waals surface area contributed by atoms with E-state index in [-0.39, 0.29) is 11.7 Å². The van der Waals surface area contributed by atoms with Gasteiger partial charge < -0.3 is 14.2 Å². The first-order valence-electron chi connectivity index (χ1n) is 7.13. The third-order valence-corrected chi connectivity index (χ3v) is 4.26. The molecule has 0 aromatic heterocycles. The first-order chi connectivity index (χ1) is 9.73. The van der Waals surface area contributed by atoms with Crippen LogP contribution in [0.15, 0.2) is 18.2 Å². The molecular weight excluding hydrogens is 254 g/mol. The van der Waals surface area contributed by atoms with Gasteiger partial charge in [0.2, 0.25) is 0 Å². The summed E-state index contributed by atoms with van der Waals surface area (Å²) in [5, 5.41) is 9.04. The molecule has 3 rings (SSSR count). The van der Waals surface area contributed by atoms with E-state index in [0.717, 1.165) is 32.3 Å². The van der Waals surface area contributed by atoms with Crippen molar-refractivity contribution in [3.8, 4) is 17.6 Å². The van der Waals surface area contributed by atoms with Crippen LogP contribution in [0.5, 0.6) is 11.5 Å². The Morgan fingerprint density at radius 1 is 1.30 bits per heavy atom. The molecule has 0 amide bonds. The lowest BCUT2D eigenvalue weighted by Gasteiger charge is -2.46. The van der Waals surface area contributed by atoms with E-state index in [9.17, 15) is 0 Å². The van der Waals surface area contributed by atoms with Gasteiger partial charge in [-0.15, -0.1) is 0 Å². The van der Waals surface area contributed by atoms with Crippen molar-refractivity contribution in [1.82, 2.24) is 0 Å². The Morgan fingerprint density at radius 3 is 2.75 bits per heavy atom. The molecule has 1 aromatic carbocycles. The van der Waals surface area contributed by atoms with E-state index in [0.29, 0.717) is 17.1 Å². The quantitative estimate of drug-likeness (QED) is 0.849. The molecule has 1 saturated heterocycles. The van der Waals surface area contributed by atoms with Crippen LogP contribution in [-0.2, 0) is 4.74 Å². The smallest absolute Gasteiger partial charge is 0.124 e. The lowest BCUT2D eigenvalue weighted by atomic mass is 9.74. The average Bonchev–Trinajstić information content (AvgIpc) is 2.45. The molecule has 1 aliphatic heterocycles. The number of hydrogen-bond acceptors (Lipinski definition) is 4. The molecule has 2 fully saturated rings. The van der Waals surface area contributed by atoms with Gasteiger partial charge in [0.05, 0.1) is 31.0 Å². The molecule has 20 heavy (non-hydrogen) atoms. The minimum Gasteiger partial charge on any atom is -0.497 e. The van der Waals surface area contributed by atoms with E-state index in [1.165, 1.54) is 6.42 Å². The molecule has 1 heterocycles. The van der Waals surface area contributed by atoms with Crippen LogP contribution >= 0.6 is 0 Å². The van der Waals surface area contributed by atoms with Crippen molar-refractivity contribution in [2.75, 3.05) is 13.7 Å². The molecule has 1 atom stereocenters. The van der Waals surface area contributed by atoms with Crippen LogP contribution in [0.3, 0.4) is 0 Å². The highest BCUT2D eigenvalue weighted by molar-refractivity contribution is 5.43. The van der Waals surface area contributed by atoms with Gasteiger partial charge in [-0.1, -0.05) is 0 Å². The number of ether oxygens (including phenoxy) is 3. The highest BCUT2D eigenvalue weighted by atomic mass is 16.5. The minimum atomic E-state index is 0.0693. The average molecular weight is 273 g/mol. The fourth-order valence-electron chi connectivity index (χ4n) is 3.02. The third kappa shape index (κ3) is 2.59. The van der Waals surface area contributed by atoms with Crippen LogP contribution in [0.25, 0.3) is 0 Å².